The number of carbonyl (C=O) groups is 1. The highest BCUT2D eigenvalue weighted by Gasteiger charge is 2.23. The second-order valence-corrected chi connectivity index (χ2v) is 7.55. The van der Waals surface area contributed by atoms with Crippen molar-refractivity contribution < 1.29 is 19.7 Å². The molecule has 1 heterocycles. The van der Waals surface area contributed by atoms with E-state index in [4.69, 9.17) is 10.5 Å². The Morgan fingerprint density at radius 1 is 0.966 bits per heavy atom. The van der Waals surface area contributed by atoms with Gasteiger partial charge in [-0.2, -0.15) is 0 Å². The largest absolute Gasteiger partial charge is 0.508 e. The zero-order chi connectivity index (χ0) is 20.4. The van der Waals surface area contributed by atoms with Gasteiger partial charge in [-0.3, -0.25) is 4.79 Å². The lowest BCUT2D eigenvalue weighted by molar-refractivity contribution is 0.104. The Morgan fingerprint density at radius 2 is 1.69 bits per heavy atom. The molecular formula is C23H19NO4S. The molecule has 4 N–H and O–H groups in total. The Morgan fingerprint density at radius 3 is 2.38 bits per heavy atom. The maximum absolute atomic E-state index is 13.4. The fourth-order valence-corrected chi connectivity index (χ4v) is 4.41. The van der Waals surface area contributed by atoms with Gasteiger partial charge in [0.05, 0.1) is 5.56 Å². The molecule has 0 aliphatic rings. The number of hydrogen-bond donors (Lipinski definition) is 3. The monoisotopic (exact) mass is 405 g/mol. The fourth-order valence-electron chi connectivity index (χ4n) is 3.19. The van der Waals surface area contributed by atoms with Crippen molar-refractivity contribution in [1.82, 2.24) is 0 Å². The third-order valence-corrected chi connectivity index (χ3v) is 5.76. The fraction of sp³-hybridized carbons (Fsp3) is 0.0870. The second-order valence-electron chi connectivity index (χ2n) is 6.49. The van der Waals surface area contributed by atoms with Crippen LogP contribution >= 0.6 is 11.3 Å². The SMILES string of the molecule is NCCOc1ccc(C(=O)c2c(-c3ccc(O)cc3)sc3cccc(O)c23)cc1. The van der Waals surface area contributed by atoms with Crippen molar-refractivity contribution in [2.24, 2.45) is 5.73 Å². The van der Waals surface area contributed by atoms with Gasteiger partial charge >= 0.3 is 0 Å². The van der Waals surface area contributed by atoms with Crippen LogP contribution < -0.4 is 10.5 Å². The number of fused-ring (bicyclic) bond motifs is 1. The molecule has 0 saturated heterocycles. The lowest BCUT2D eigenvalue weighted by Crippen LogP contribution is -2.10. The number of carbonyl (C=O) groups excluding carboxylic acids is 1. The molecule has 4 rings (SSSR count). The van der Waals surface area contributed by atoms with Crippen LogP contribution in [-0.2, 0) is 0 Å². The number of thiophene rings is 1. The standard InChI is InChI=1S/C23H19NO4S/c24-12-13-28-17-10-6-14(7-11-17)22(27)21-20-18(26)2-1-3-19(20)29-23(21)15-4-8-16(25)9-5-15/h1-11,25-26H,12-13,24H2. The molecule has 0 aliphatic carbocycles. The lowest BCUT2D eigenvalue weighted by Gasteiger charge is -2.08. The van der Waals surface area contributed by atoms with Crippen molar-refractivity contribution in [1.29, 1.82) is 0 Å². The highest BCUT2D eigenvalue weighted by atomic mass is 32.1. The summed E-state index contributed by atoms with van der Waals surface area (Å²) in [5.74, 6) is 0.670. The van der Waals surface area contributed by atoms with E-state index in [2.05, 4.69) is 0 Å². The molecule has 0 spiro atoms. The molecule has 0 atom stereocenters. The molecule has 0 unspecified atom stereocenters. The quantitative estimate of drug-likeness (QED) is 0.409. The first kappa shape index (κ1) is 19.0. The van der Waals surface area contributed by atoms with Crippen molar-refractivity contribution in [3.05, 3.63) is 77.9 Å². The minimum Gasteiger partial charge on any atom is -0.508 e. The van der Waals surface area contributed by atoms with E-state index in [-0.39, 0.29) is 17.3 Å². The third-order valence-electron chi connectivity index (χ3n) is 4.55. The molecule has 146 valence electrons. The molecule has 3 aromatic carbocycles. The van der Waals surface area contributed by atoms with Gasteiger partial charge in [0.1, 0.15) is 23.9 Å². The van der Waals surface area contributed by atoms with E-state index in [1.54, 1.807) is 60.7 Å². The van der Waals surface area contributed by atoms with Crippen LogP contribution in [0.5, 0.6) is 17.2 Å². The third kappa shape index (κ3) is 3.68. The van der Waals surface area contributed by atoms with Crippen LogP contribution in [0.15, 0.2) is 66.7 Å². The summed E-state index contributed by atoms with van der Waals surface area (Å²) < 4.78 is 6.30. The van der Waals surface area contributed by atoms with Gasteiger partial charge in [-0.25, -0.2) is 0 Å². The van der Waals surface area contributed by atoms with Gasteiger partial charge in [-0.1, -0.05) is 6.07 Å². The Labute approximate surface area is 171 Å². The van der Waals surface area contributed by atoms with E-state index in [1.807, 2.05) is 6.07 Å². The zero-order valence-electron chi connectivity index (χ0n) is 15.5. The predicted octanol–water partition coefficient (Wildman–Crippen LogP) is 4.55. The number of ether oxygens (including phenoxy) is 1. The van der Waals surface area contributed by atoms with Gasteiger partial charge in [0.25, 0.3) is 0 Å². The van der Waals surface area contributed by atoms with Crippen LogP contribution in [0.25, 0.3) is 20.5 Å². The molecule has 5 nitrogen and oxygen atoms in total. The molecule has 0 radical (unpaired) electrons. The summed E-state index contributed by atoms with van der Waals surface area (Å²) in [6, 6.07) is 18.8. The van der Waals surface area contributed by atoms with E-state index in [9.17, 15) is 15.0 Å². The Bertz CT molecular complexity index is 1160. The highest BCUT2D eigenvalue weighted by molar-refractivity contribution is 7.22. The summed E-state index contributed by atoms with van der Waals surface area (Å²) in [6.45, 7) is 0.818. The Hall–Kier alpha value is -3.35. The van der Waals surface area contributed by atoms with Gasteiger partial charge < -0.3 is 20.7 Å². The van der Waals surface area contributed by atoms with Crippen molar-refractivity contribution >= 4 is 27.2 Å². The molecule has 0 fully saturated rings. The zero-order valence-corrected chi connectivity index (χ0v) is 16.3. The average Bonchev–Trinajstić information content (AvgIpc) is 3.13. The topological polar surface area (TPSA) is 92.8 Å². The molecule has 4 aromatic rings. The van der Waals surface area contributed by atoms with Crippen LogP contribution in [0.3, 0.4) is 0 Å². The average molecular weight is 405 g/mol. The molecule has 6 heteroatoms. The van der Waals surface area contributed by atoms with E-state index >= 15 is 0 Å². The summed E-state index contributed by atoms with van der Waals surface area (Å²) in [4.78, 5) is 14.2. The van der Waals surface area contributed by atoms with Crippen LogP contribution in [0.4, 0.5) is 0 Å². The Balaban J connectivity index is 1.84. The molecule has 0 bridgehead atoms. The van der Waals surface area contributed by atoms with Gasteiger partial charge in [0, 0.05) is 27.1 Å². The summed E-state index contributed by atoms with van der Waals surface area (Å²) in [5, 5.41) is 20.6. The predicted molar refractivity (Wildman–Crippen MR) is 115 cm³/mol. The van der Waals surface area contributed by atoms with E-state index in [1.165, 1.54) is 11.3 Å². The van der Waals surface area contributed by atoms with Crippen molar-refractivity contribution in [2.75, 3.05) is 13.2 Å². The minimum atomic E-state index is -0.189. The van der Waals surface area contributed by atoms with Gasteiger partial charge in [-0.05, 0) is 66.2 Å². The molecule has 0 aliphatic heterocycles. The smallest absolute Gasteiger partial charge is 0.195 e. The first-order valence-electron chi connectivity index (χ1n) is 9.10. The normalized spacial score (nSPS) is 10.9. The summed E-state index contributed by atoms with van der Waals surface area (Å²) >= 11 is 1.43. The number of ketones is 1. The Kier molecular flexibility index (Phi) is 5.20. The summed E-state index contributed by atoms with van der Waals surface area (Å²) in [6.07, 6.45) is 0. The van der Waals surface area contributed by atoms with E-state index < -0.39 is 0 Å². The molecule has 1 aromatic heterocycles. The molecule has 0 amide bonds. The van der Waals surface area contributed by atoms with E-state index in [0.717, 1.165) is 15.1 Å². The highest BCUT2D eigenvalue weighted by Crippen LogP contribution is 2.43. The van der Waals surface area contributed by atoms with Crippen LogP contribution in [-0.4, -0.2) is 29.1 Å². The number of hydrogen-bond acceptors (Lipinski definition) is 6. The lowest BCUT2D eigenvalue weighted by atomic mass is 9.97. The molecular weight excluding hydrogens is 386 g/mol. The first-order chi connectivity index (χ1) is 14.1. The van der Waals surface area contributed by atoms with Crippen molar-refractivity contribution in [3.8, 4) is 27.7 Å². The number of nitrogens with two attached hydrogens (primary N) is 1. The summed E-state index contributed by atoms with van der Waals surface area (Å²) in [7, 11) is 0. The second kappa shape index (κ2) is 7.95. The maximum Gasteiger partial charge on any atom is 0.195 e. The van der Waals surface area contributed by atoms with Gasteiger partial charge in [0.2, 0.25) is 0 Å². The molecule has 0 saturated carbocycles. The number of phenolic OH excluding ortho intramolecular Hbond substituents is 2. The summed E-state index contributed by atoms with van der Waals surface area (Å²) in [5.41, 5.74) is 7.19. The number of benzene rings is 3. The first-order valence-corrected chi connectivity index (χ1v) is 9.91. The van der Waals surface area contributed by atoms with Crippen molar-refractivity contribution in [3.63, 3.8) is 0 Å². The maximum atomic E-state index is 13.4. The van der Waals surface area contributed by atoms with Crippen LogP contribution in [0, 0.1) is 0 Å². The molecule has 29 heavy (non-hydrogen) atoms. The van der Waals surface area contributed by atoms with Gasteiger partial charge in [-0.15, -0.1) is 11.3 Å². The van der Waals surface area contributed by atoms with Crippen LogP contribution in [0.2, 0.25) is 0 Å². The number of phenols is 2. The van der Waals surface area contributed by atoms with Crippen LogP contribution in [0.1, 0.15) is 15.9 Å². The number of aromatic hydroxyl groups is 2. The van der Waals surface area contributed by atoms with Gasteiger partial charge in [0.15, 0.2) is 5.78 Å². The minimum absolute atomic E-state index is 0.0648. The van der Waals surface area contributed by atoms with Crippen molar-refractivity contribution in [2.45, 2.75) is 0 Å². The van der Waals surface area contributed by atoms with E-state index in [0.29, 0.717) is 35.4 Å². The number of rotatable bonds is 6.